The third kappa shape index (κ3) is 2.70. The molecule has 1 saturated heterocycles. The summed E-state index contributed by atoms with van der Waals surface area (Å²) in [5.41, 5.74) is 0.392. The normalized spacial score (nSPS) is 26.0. The average molecular weight is 263 g/mol. The second-order valence-corrected chi connectivity index (χ2v) is 5.19. The van der Waals surface area contributed by atoms with Crippen LogP contribution in [0, 0.1) is 5.41 Å². The minimum absolute atomic E-state index is 0.205. The van der Waals surface area contributed by atoms with Crippen LogP contribution < -0.4 is 10.1 Å². The van der Waals surface area contributed by atoms with Gasteiger partial charge in [-0.1, -0.05) is 19.1 Å². The summed E-state index contributed by atoms with van der Waals surface area (Å²) in [6.07, 6.45) is 0.767. The molecule has 1 amide bonds. The number of hydrogen-bond donors (Lipinski definition) is 2. The van der Waals surface area contributed by atoms with Gasteiger partial charge in [0.25, 0.3) is 0 Å². The fourth-order valence-corrected chi connectivity index (χ4v) is 2.59. The zero-order chi connectivity index (χ0) is 14.0. The van der Waals surface area contributed by atoms with E-state index in [1.807, 2.05) is 31.2 Å². The molecule has 2 N–H and O–H groups in total. The highest BCUT2D eigenvalue weighted by Gasteiger charge is 2.47. The molecule has 2 atom stereocenters. The molecule has 2 rings (SSSR count). The van der Waals surface area contributed by atoms with E-state index in [0.717, 1.165) is 11.3 Å². The Morgan fingerprint density at radius 2 is 2.11 bits per heavy atom. The first-order valence-corrected chi connectivity index (χ1v) is 6.10. The number of carbonyl (C=O) groups excluding carboxylic acids is 1. The third-order valence-corrected chi connectivity index (χ3v) is 3.58. The molecule has 1 aromatic rings. The van der Waals surface area contributed by atoms with Crippen LogP contribution in [0.1, 0.15) is 18.9 Å². The predicted octanol–water partition coefficient (Wildman–Crippen LogP) is 1.22. The predicted molar refractivity (Wildman–Crippen MR) is 69.0 cm³/mol. The Morgan fingerprint density at radius 3 is 2.63 bits per heavy atom. The zero-order valence-corrected chi connectivity index (χ0v) is 11.0. The molecule has 1 aliphatic heterocycles. The van der Waals surface area contributed by atoms with Crippen LogP contribution in [0.4, 0.5) is 0 Å². The van der Waals surface area contributed by atoms with Gasteiger partial charge in [-0.2, -0.15) is 0 Å². The van der Waals surface area contributed by atoms with Crippen LogP contribution in [0.15, 0.2) is 24.3 Å². The van der Waals surface area contributed by atoms with Crippen molar-refractivity contribution < 1.29 is 19.4 Å². The van der Waals surface area contributed by atoms with E-state index in [1.165, 1.54) is 0 Å². The third-order valence-electron chi connectivity index (χ3n) is 3.58. The lowest BCUT2D eigenvalue weighted by Gasteiger charge is -2.27. The summed E-state index contributed by atoms with van der Waals surface area (Å²) in [6.45, 7) is 1.83. The molecule has 0 aliphatic carbocycles. The number of methoxy groups -OCH3 is 1. The van der Waals surface area contributed by atoms with Crippen LogP contribution in [0.2, 0.25) is 0 Å². The number of ether oxygens (including phenoxy) is 1. The van der Waals surface area contributed by atoms with Gasteiger partial charge in [0.1, 0.15) is 11.8 Å². The number of hydrogen-bond acceptors (Lipinski definition) is 3. The number of aliphatic carboxylic acids is 1. The van der Waals surface area contributed by atoms with Crippen LogP contribution in [-0.2, 0) is 16.0 Å². The maximum atomic E-state index is 11.5. The minimum Gasteiger partial charge on any atom is -0.497 e. The van der Waals surface area contributed by atoms with Crippen molar-refractivity contribution in [1.82, 2.24) is 5.32 Å². The summed E-state index contributed by atoms with van der Waals surface area (Å²) < 4.78 is 5.08. The lowest BCUT2D eigenvalue weighted by molar-refractivity contribution is -0.142. The highest BCUT2D eigenvalue weighted by molar-refractivity contribution is 5.89. The summed E-state index contributed by atoms with van der Waals surface area (Å²) in [5.74, 6) is -0.436. The van der Waals surface area contributed by atoms with Gasteiger partial charge in [-0.25, -0.2) is 4.79 Å². The summed E-state index contributed by atoms with van der Waals surface area (Å²) in [6, 6.07) is 6.62. The maximum Gasteiger partial charge on any atom is 0.326 e. The number of carboxylic acids is 1. The lowest BCUT2D eigenvalue weighted by atomic mass is 9.77. The van der Waals surface area contributed by atoms with Crippen molar-refractivity contribution in [3.8, 4) is 5.75 Å². The smallest absolute Gasteiger partial charge is 0.326 e. The first-order valence-electron chi connectivity index (χ1n) is 6.10. The standard InChI is InChI=1S/C14H17NO4/c1-14(8-11(16)15-12(14)13(17)18)7-9-3-5-10(19-2)6-4-9/h3-6,12H,7-8H2,1-2H3,(H,15,16)(H,17,18). The molecule has 1 aromatic carbocycles. The maximum absolute atomic E-state index is 11.5. The zero-order valence-electron chi connectivity index (χ0n) is 11.0. The molecule has 1 fully saturated rings. The number of rotatable bonds is 4. The second-order valence-electron chi connectivity index (χ2n) is 5.19. The van der Waals surface area contributed by atoms with E-state index in [9.17, 15) is 14.7 Å². The molecule has 1 aliphatic rings. The minimum atomic E-state index is -0.984. The first kappa shape index (κ1) is 13.4. The summed E-state index contributed by atoms with van der Waals surface area (Å²) in [4.78, 5) is 22.7. The van der Waals surface area contributed by atoms with Crippen LogP contribution >= 0.6 is 0 Å². The van der Waals surface area contributed by atoms with E-state index in [-0.39, 0.29) is 12.3 Å². The SMILES string of the molecule is COc1ccc(CC2(C)CC(=O)NC2C(=O)O)cc1. The molecule has 0 bridgehead atoms. The quantitative estimate of drug-likeness (QED) is 0.856. The summed E-state index contributed by atoms with van der Waals surface area (Å²) in [7, 11) is 1.59. The highest BCUT2D eigenvalue weighted by Crippen LogP contribution is 2.35. The molecule has 5 heteroatoms. The number of benzene rings is 1. The first-order chi connectivity index (χ1) is 8.94. The Balaban J connectivity index is 2.19. The van der Waals surface area contributed by atoms with Crippen LogP contribution in [0.25, 0.3) is 0 Å². The second kappa shape index (κ2) is 4.91. The van der Waals surface area contributed by atoms with Gasteiger partial charge >= 0.3 is 5.97 Å². The Labute approximate surface area is 111 Å². The van der Waals surface area contributed by atoms with Crippen molar-refractivity contribution in [2.24, 2.45) is 5.41 Å². The van der Waals surface area contributed by atoms with Crippen molar-refractivity contribution >= 4 is 11.9 Å². The van der Waals surface area contributed by atoms with E-state index in [2.05, 4.69) is 5.32 Å². The van der Waals surface area contributed by atoms with Gasteiger partial charge in [0, 0.05) is 11.8 Å². The largest absolute Gasteiger partial charge is 0.497 e. The van der Waals surface area contributed by atoms with E-state index >= 15 is 0 Å². The molecule has 19 heavy (non-hydrogen) atoms. The van der Waals surface area contributed by atoms with Gasteiger partial charge in [0.2, 0.25) is 5.91 Å². The van der Waals surface area contributed by atoms with Crippen LogP contribution in [-0.4, -0.2) is 30.1 Å². The average Bonchev–Trinajstić information content (AvgIpc) is 2.65. The number of carboxylic acid groups (broad SMARTS) is 1. The fraction of sp³-hybridized carbons (Fsp3) is 0.429. The number of nitrogens with one attached hydrogen (secondary N) is 1. The topological polar surface area (TPSA) is 75.6 Å². The van der Waals surface area contributed by atoms with Gasteiger partial charge in [-0.05, 0) is 24.1 Å². The van der Waals surface area contributed by atoms with Crippen molar-refractivity contribution in [2.45, 2.75) is 25.8 Å². The van der Waals surface area contributed by atoms with E-state index in [1.54, 1.807) is 7.11 Å². The Kier molecular flexibility index (Phi) is 3.46. The summed E-state index contributed by atoms with van der Waals surface area (Å²) in [5, 5.41) is 11.7. The van der Waals surface area contributed by atoms with Crippen LogP contribution in [0.5, 0.6) is 5.75 Å². The highest BCUT2D eigenvalue weighted by atomic mass is 16.5. The van der Waals surface area contributed by atoms with E-state index in [0.29, 0.717) is 6.42 Å². The fourth-order valence-electron chi connectivity index (χ4n) is 2.59. The molecule has 0 aromatic heterocycles. The molecular weight excluding hydrogens is 246 g/mol. The van der Waals surface area contributed by atoms with Gasteiger partial charge in [-0.3, -0.25) is 4.79 Å². The molecule has 0 radical (unpaired) electrons. The lowest BCUT2D eigenvalue weighted by Crippen LogP contribution is -2.43. The molecule has 5 nitrogen and oxygen atoms in total. The number of carbonyl (C=O) groups is 2. The Bertz CT molecular complexity index is 497. The number of amides is 1. The molecule has 102 valence electrons. The van der Waals surface area contributed by atoms with Gasteiger partial charge in [0.05, 0.1) is 7.11 Å². The van der Waals surface area contributed by atoms with E-state index in [4.69, 9.17) is 4.74 Å². The summed E-state index contributed by atoms with van der Waals surface area (Å²) >= 11 is 0. The van der Waals surface area contributed by atoms with Crippen molar-refractivity contribution in [3.05, 3.63) is 29.8 Å². The van der Waals surface area contributed by atoms with E-state index < -0.39 is 17.4 Å². The van der Waals surface area contributed by atoms with Gasteiger partial charge in [0.15, 0.2) is 0 Å². The van der Waals surface area contributed by atoms with Crippen molar-refractivity contribution in [1.29, 1.82) is 0 Å². The monoisotopic (exact) mass is 263 g/mol. The van der Waals surface area contributed by atoms with Gasteiger partial charge in [-0.15, -0.1) is 0 Å². The molecule has 1 heterocycles. The Morgan fingerprint density at radius 1 is 1.47 bits per heavy atom. The molecule has 2 unspecified atom stereocenters. The van der Waals surface area contributed by atoms with Crippen molar-refractivity contribution in [2.75, 3.05) is 7.11 Å². The molecule has 0 spiro atoms. The molecule has 0 saturated carbocycles. The van der Waals surface area contributed by atoms with Crippen LogP contribution in [0.3, 0.4) is 0 Å². The van der Waals surface area contributed by atoms with Gasteiger partial charge < -0.3 is 15.2 Å². The van der Waals surface area contributed by atoms with Crippen molar-refractivity contribution in [3.63, 3.8) is 0 Å². The molecular formula is C14H17NO4. The Hall–Kier alpha value is -2.04.